The van der Waals surface area contributed by atoms with Crippen LogP contribution in [0.2, 0.25) is 0 Å². The van der Waals surface area contributed by atoms with Crippen LogP contribution in [0, 0.1) is 5.82 Å². The molecule has 0 saturated carbocycles. The summed E-state index contributed by atoms with van der Waals surface area (Å²) in [6.45, 7) is 1.29. The zero-order valence-corrected chi connectivity index (χ0v) is 19.8. The van der Waals surface area contributed by atoms with Gasteiger partial charge in [0, 0.05) is 49.3 Å². The number of benzene rings is 2. The summed E-state index contributed by atoms with van der Waals surface area (Å²) in [5.41, 5.74) is -0.237. The maximum atomic E-state index is 15.1. The average molecular weight is 516 g/mol. The number of piperidine rings is 2. The number of fused-ring (bicyclic) bond motifs is 1. The first-order valence-electron chi connectivity index (χ1n) is 12.1. The van der Waals surface area contributed by atoms with Crippen molar-refractivity contribution in [3.8, 4) is 0 Å². The standard InChI is InChI=1S/C27H25F4N3O3/c28-22-13-23-17(11-18(14-32-23)20-5-6-24(35)33-25(20)36)12-21(22)26(37)7-9-34(10-8-26)15-16-1-3-19(4-2-16)27(29,30)31/h1-4,11-14,20,37H,5-10,15H2,(H,33,35,36). The fraction of sp³-hybridized carbons (Fsp3) is 0.370. The third-order valence-corrected chi connectivity index (χ3v) is 7.30. The molecule has 2 aromatic carbocycles. The van der Waals surface area contributed by atoms with Gasteiger partial charge in [0.25, 0.3) is 0 Å². The first-order chi connectivity index (χ1) is 17.5. The van der Waals surface area contributed by atoms with E-state index < -0.39 is 35.0 Å². The van der Waals surface area contributed by atoms with Crippen molar-refractivity contribution < 1.29 is 32.3 Å². The highest BCUT2D eigenvalue weighted by Gasteiger charge is 2.37. The average Bonchev–Trinajstić information content (AvgIpc) is 2.85. The molecular formula is C27H25F4N3O3. The van der Waals surface area contributed by atoms with Crippen LogP contribution in [-0.4, -0.2) is 39.9 Å². The van der Waals surface area contributed by atoms with Crippen molar-refractivity contribution in [2.24, 2.45) is 0 Å². The van der Waals surface area contributed by atoms with Crippen LogP contribution in [0.25, 0.3) is 10.9 Å². The van der Waals surface area contributed by atoms with Gasteiger partial charge in [-0.2, -0.15) is 13.2 Å². The summed E-state index contributed by atoms with van der Waals surface area (Å²) in [6, 6.07) is 9.58. The molecule has 1 unspecified atom stereocenters. The lowest BCUT2D eigenvalue weighted by Gasteiger charge is -2.38. The van der Waals surface area contributed by atoms with Crippen molar-refractivity contribution in [3.63, 3.8) is 0 Å². The lowest BCUT2D eigenvalue weighted by molar-refractivity contribution is -0.138. The van der Waals surface area contributed by atoms with Gasteiger partial charge in [0.2, 0.25) is 11.8 Å². The monoisotopic (exact) mass is 515 g/mol. The highest BCUT2D eigenvalue weighted by molar-refractivity contribution is 6.01. The smallest absolute Gasteiger partial charge is 0.385 e. The molecular weight excluding hydrogens is 490 g/mol. The molecule has 0 bridgehead atoms. The fourth-order valence-electron chi connectivity index (χ4n) is 5.13. The zero-order valence-electron chi connectivity index (χ0n) is 19.8. The van der Waals surface area contributed by atoms with E-state index in [1.807, 2.05) is 4.90 Å². The molecule has 2 amide bonds. The molecule has 3 heterocycles. The molecule has 194 valence electrons. The van der Waals surface area contributed by atoms with Crippen LogP contribution in [0.1, 0.15) is 53.9 Å². The van der Waals surface area contributed by atoms with Crippen molar-refractivity contribution in [3.05, 3.63) is 76.7 Å². The molecule has 0 spiro atoms. The molecule has 37 heavy (non-hydrogen) atoms. The largest absolute Gasteiger partial charge is 0.416 e. The number of nitrogens with zero attached hydrogens (tertiary/aromatic N) is 2. The van der Waals surface area contributed by atoms with Crippen molar-refractivity contribution >= 4 is 22.7 Å². The van der Waals surface area contributed by atoms with E-state index in [4.69, 9.17) is 0 Å². The molecule has 2 aliphatic rings. The summed E-state index contributed by atoms with van der Waals surface area (Å²) < 4.78 is 53.5. The van der Waals surface area contributed by atoms with Gasteiger partial charge < -0.3 is 5.11 Å². The molecule has 10 heteroatoms. The van der Waals surface area contributed by atoms with Crippen molar-refractivity contribution in [1.82, 2.24) is 15.2 Å². The zero-order chi connectivity index (χ0) is 26.4. The van der Waals surface area contributed by atoms with Gasteiger partial charge in [-0.15, -0.1) is 0 Å². The minimum absolute atomic E-state index is 0.149. The number of imide groups is 1. The van der Waals surface area contributed by atoms with E-state index in [1.165, 1.54) is 24.4 Å². The maximum Gasteiger partial charge on any atom is 0.416 e. The van der Waals surface area contributed by atoms with E-state index in [-0.39, 0.29) is 30.7 Å². The Morgan fingerprint density at radius 1 is 1.08 bits per heavy atom. The highest BCUT2D eigenvalue weighted by Crippen LogP contribution is 2.37. The number of halogens is 4. The molecule has 3 aromatic rings. The number of alkyl halides is 3. The van der Waals surface area contributed by atoms with Crippen LogP contribution in [0.5, 0.6) is 0 Å². The number of likely N-dealkylation sites (tertiary alicyclic amines) is 1. The van der Waals surface area contributed by atoms with Crippen molar-refractivity contribution in [1.29, 1.82) is 0 Å². The van der Waals surface area contributed by atoms with E-state index in [0.29, 0.717) is 42.5 Å². The van der Waals surface area contributed by atoms with Gasteiger partial charge in [-0.25, -0.2) is 4.39 Å². The Hall–Kier alpha value is -3.37. The van der Waals surface area contributed by atoms with Gasteiger partial charge in [-0.1, -0.05) is 12.1 Å². The molecule has 2 N–H and O–H groups in total. The lowest BCUT2D eigenvalue weighted by atomic mass is 9.83. The second-order valence-corrected chi connectivity index (χ2v) is 9.80. The second kappa shape index (κ2) is 9.50. The molecule has 0 radical (unpaired) electrons. The number of aromatic nitrogens is 1. The summed E-state index contributed by atoms with van der Waals surface area (Å²) >= 11 is 0. The Bertz CT molecular complexity index is 1350. The Kier molecular flexibility index (Phi) is 6.49. The molecule has 2 aliphatic heterocycles. The Balaban J connectivity index is 1.31. The quantitative estimate of drug-likeness (QED) is 0.398. The topological polar surface area (TPSA) is 82.5 Å². The van der Waals surface area contributed by atoms with Gasteiger partial charge in [0.05, 0.1) is 22.6 Å². The van der Waals surface area contributed by atoms with Gasteiger partial charge >= 0.3 is 6.18 Å². The van der Waals surface area contributed by atoms with Gasteiger partial charge in [0.15, 0.2) is 0 Å². The molecule has 1 aromatic heterocycles. The summed E-state index contributed by atoms with van der Waals surface area (Å²) in [5, 5.41) is 14.3. The maximum absolute atomic E-state index is 15.1. The number of nitrogens with one attached hydrogen (secondary N) is 1. The van der Waals surface area contributed by atoms with Crippen LogP contribution in [0.3, 0.4) is 0 Å². The number of hydrogen-bond acceptors (Lipinski definition) is 5. The third-order valence-electron chi connectivity index (χ3n) is 7.30. The normalized spacial score (nSPS) is 20.7. The molecule has 5 rings (SSSR count). The molecule has 0 aliphatic carbocycles. The van der Waals surface area contributed by atoms with Crippen LogP contribution >= 0.6 is 0 Å². The van der Waals surface area contributed by atoms with E-state index in [1.54, 1.807) is 12.1 Å². The van der Waals surface area contributed by atoms with Gasteiger partial charge in [-0.3, -0.25) is 24.8 Å². The van der Waals surface area contributed by atoms with Gasteiger partial charge in [-0.05, 0) is 54.7 Å². The number of pyridine rings is 1. The summed E-state index contributed by atoms with van der Waals surface area (Å²) in [5.74, 6) is -1.81. The van der Waals surface area contributed by atoms with E-state index in [2.05, 4.69) is 10.3 Å². The minimum Gasteiger partial charge on any atom is -0.385 e. The van der Waals surface area contributed by atoms with Gasteiger partial charge in [0.1, 0.15) is 5.82 Å². The second-order valence-electron chi connectivity index (χ2n) is 9.80. The van der Waals surface area contributed by atoms with Crippen LogP contribution in [0.4, 0.5) is 17.6 Å². The van der Waals surface area contributed by atoms with E-state index in [9.17, 15) is 27.9 Å². The van der Waals surface area contributed by atoms with E-state index >= 15 is 4.39 Å². The Morgan fingerprint density at radius 3 is 2.43 bits per heavy atom. The van der Waals surface area contributed by atoms with Crippen molar-refractivity contribution in [2.75, 3.05) is 13.1 Å². The Morgan fingerprint density at radius 2 is 1.78 bits per heavy atom. The number of carbonyl (C=O) groups is 2. The predicted molar refractivity (Wildman–Crippen MR) is 127 cm³/mol. The first-order valence-corrected chi connectivity index (χ1v) is 12.1. The summed E-state index contributed by atoms with van der Waals surface area (Å²) in [7, 11) is 0. The number of hydrogen-bond donors (Lipinski definition) is 2. The molecule has 2 fully saturated rings. The minimum atomic E-state index is -4.39. The summed E-state index contributed by atoms with van der Waals surface area (Å²) in [4.78, 5) is 30.0. The summed E-state index contributed by atoms with van der Waals surface area (Å²) in [6.07, 6.45) is -1.79. The number of amides is 2. The van der Waals surface area contributed by atoms with Crippen LogP contribution in [0.15, 0.2) is 48.7 Å². The van der Waals surface area contributed by atoms with Crippen LogP contribution in [-0.2, 0) is 27.9 Å². The molecule has 1 atom stereocenters. The Labute approximate surface area is 210 Å². The lowest BCUT2D eigenvalue weighted by Crippen LogP contribution is -2.42. The fourth-order valence-corrected chi connectivity index (χ4v) is 5.13. The number of carbonyl (C=O) groups excluding carboxylic acids is 2. The highest BCUT2D eigenvalue weighted by atomic mass is 19.4. The van der Waals surface area contributed by atoms with E-state index in [0.717, 1.165) is 17.7 Å². The first kappa shape index (κ1) is 25.3. The SMILES string of the molecule is O=C1CCC(c2cnc3cc(F)c(C4(O)CCN(Cc5ccc(C(F)(F)F)cc5)CC4)cc3c2)C(=O)N1. The van der Waals surface area contributed by atoms with Crippen LogP contribution < -0.4 is 5.32 Å². The van der Waals surface area contributed by atoms with Crippen molar-refractivity contribution in [2.45, 2.75) is 49.9 Å². The predicted octanol–water partition coefficient (Wildman–Crippen LogP) is 4.40. The third kappa shape index (κ3) is 5.21. The number of rotatable bonds is 4. The molecule has 2 saturated heterocycles. The number of aliphatic hydroxyl groups is 1. The molecule has 6 nitrogen and oxygen atoms in total.